The van der Waals surface area contributed by atoms with Crippen LogP contribution in [0.2, 0.25) is 0 Å². The van der Waals surface area contributed by atoms with E-state index in [4.69, 9.17) is 14.4 Å². The molecular weight excluding hydrogens is 366 g/mol. The van der Waals surface area contributed by atoms with Crippen LogP contribution in [0.25, 0.3) is 0 Å². The number of oxime groups is 1. The third kappa shape index (κ3) is 6.44. The molecule has 0 aromatic carbocycles. The van der Waals surface area contributed by atoms with Gasteiger partial charge in [0.25, 0.3) is 0 Å². The summed E-state index contributed by atoms with van der Waals surface area (Å²) in [5.41, 5.74) is -1.12. The van der Waals surface area contributed by atoms with Gasteiger partial charge in [0.1, 0.15) is 34.9 Å². The number of aliphatic hydroxyl groups excluding tert-OH is 4. The highest BCUT2D eigenvalue weighted by molar-refractivity contribution is 8.14. The molecule has 5 N–H and O–H groups in total. The Balaban J connectivity index is 2.91. The fourth-order valence-corrected chi connectivity index (χ4v) is 3.40. The molecule has 0 aliphatic carbocycles. The SMILES string of the molecule is CCC(C)C/C(=N/OS(=O)(=O)O)S[C@@H]1O[C@H](CO)[C@@H](O)[C@H](O)[C@H]1O. The van der Waals surface area contributed by atoms with Crippen LogP contribution in [0.5, 0.6) is 0 Å². The summed E-state index contributed by atoms with van der Waals surface area (Å²) >= 11 is 0.778. The minimum Gasteiger partial charge on any atom is -0.394 e. The summed E-state index contributed by atoms with van der Waals surface area (Å²) < 4.78 is 39.3. The lowest BCUT2D eigenvalue weighted by molar-refractivity contribution is -0.205. The van der Waals surface area contributed by atoms with Crippen molar-refractivity contribution >= 4 is 27.2 Å². The molecule has 1 fully saturated rings. The van der Waals surface area contributed by atoms with Gasteiger partial charge in [0.15, 0.2) is 0 Å². The molecule has 10 nitrogen and oxygen atoms in total. The Morgan fingerprint density at radius 2 is 1.92 bits per heavy atom. The summed E-state index contributed by atoms with van der Waals surface area (Å²) in [6, 6.07) is 0. The average molecular weight is 389 g/mol. The van der Waals surface area contributed by atoms with Crippen molar-refractivity contribution in [3.63, 3.8) is 0 Å². The second-order valence-corrected chi connectivity index (χ2v) is 7.70. The van der Waals surface area contributed by atoms with Crippen molar-refractivity contribution in [1.29, 1.82) is 0 Å². The summed E-state index contributed by atoms with van der Waals surface area (Å²) in [5.74, 6) is 0.0890. The van der Waals surface area contributed by atoms with E-state index in [-0.39, 0.29) is 17.4 Å². The van der Waals surface area contributed by atoms with E-state index in [1.165, 1.54) is 0 Å². The Hall–Kier alpha value is -0.470. The van der Waals surface area contributed by atoms with E-state index in [0.29, 0.717) is 0 Å². The van der Waals surface area contributed by atoms with Gasteiger partial charge in [-0.05, 0) is 5.92 Å². The first-order valence-corrected chi connectivity index (χ1v) is 9.53. The van der Waals surface area contributed by atoms with Gasteiger partial charge in [-0.25, -0.2) is 4.28 Å². The molecule has 1 aliphatic heterocycles. The second-order valence-electron chi connectivity index (χ2n) is 5.52. The van der Waals surface area contributed by atoms with Crippen molar-refractivity contribution in [1.82, 2.24) is 0 Å². The highest BCUT2D eigenvalue weighted by Crippen LogP contribution is 2.31. The van der Waals surface area contributed by atoms with Crippen LogP contribution in [0.15, 0.2) is 5.16 Å². The van der Waals surface area contributed by atoms with E-state index in [1.54, 1.807) is 0 Å². The highest BCUT2D eigenvalue weighted by atomic mass is 32.3. The summed E-state index contributed by atoms with van der Waals surface area (Å²) in [6.45, 7) is 3.20. The molecule has 0 bridgehead atoms. The fourth-order valence-electron chi connectivity index (χ4n) is 1.94. The lowest BCUT2D eigenvalue weighted by Gasteiger charge is -2.39. The molecule has 0 radical (unpaired) electrons. The first kappa shape index (κ1) is 21.6. The van der Waals surface area contributed by atoms with E-state index in [9.17, 15) is 23.7 Å². The van der Waals surface area contributed by atoms with E-state index < -0.39 is 46.9 Å². The summed E-state index contributed by atoms with van der Waals surface area (Å²) in [7, 11) is -4.78. The van der Waals surface area contributed by atoms with Crippen molar-refractivity contribution in [3.8, 4) is 0 Å². The van der Waals surface area contributed by atoms with Crippen molar-refractivity contribution < 1.29 is 42.4 Å². The molecular formula is C12H23NO9S2. The Kier molecular flexibility index (Phi) is 8.35. The number of aliphatic hydroxyl groups is 4. The average Bonchev–Trinajstić information content (AvgIpc) is 2.52. The third-order valence-electron chi connectivity index (χ3n) is 3.55. The van der Waals surface area contributed by atoms with Gasteiger partial charge in [0, 0.05) is 6.42 Å². The lowest BCUT2D eigenvalue weighted by atomic mass is 10.0. The predicted molar refractivity (Wildman–Crippen MR) is 85.5 cm³/mol. The van der Waals surface area contributed by atoms with E-state index in [2.05, 4.69) is 9.44 Å². The van der Waals surface area contributed by atoms with Crippen LogP contribution < -0.4 is 0 Å². The van der Waals surface area contributed by atoms with Gasteiger partial charge < -0.3 is 25.2 Å². The molecule has 1 unspecified atom stereocenters. The Labute approximate surface area is 144 Å². The fraction of sp³-hybridized carbons (Fsp3) is 0.917. The van der Waals surface area contributed by atoms with E-state index in [1.807, 2.05) is 13.8 Å². The molecule has 24 heavy (non-hydrogen) atoms. The summed E-state index contributed by atoms with van der Waals surface area (Å²) in [4.78, 5) is 0. The molecule has 1 rings (SSSR count). The minimum atomic E-state index is -4.78. The molecule has 1 aliphatic rings. The zero-order valence-electron chi connectivity index (χ0n) is 13.2. The van der Waals surface area contributed by atoms with Crippen molar-refractivity contribution in [2.45, 2.75) is 56.5 Å². The van der Waals surface area contributed by atoms with Gasteiger partial charge >= 0.3 is 10.4 Å². The number of hydrogen-bond donors (Lipinski definition) is 5. The predicted octanol–water partition coefficient (Wildman–Crippen LogP) is -0.911. The van der Waals surface area contributed by atoms with Crippen molar-refractivity contribution in [2.75, 3.05) is 6.61 Å². The van der Waals surface area contributed by atoms with Crippen LogP contribution in [0, 0.1) is 5.92 Å². The topological polar surface area (TPSA) is 166 Å². The Morgan fingerprint density at radius 1 is 1.29 bits per heavy atom. The highest BCUT2D eigenvalue weighted by Gasteiger charge is 2.44. The van der Waals surface area contributed by atoms with Gasteiger partial charge in [0.2, 0.25) is 0 Å². The number of hydrogen-bond acceptors (Lipinski definition) is 10. The molecule has 0 saturated carbocycles. The maximum Gasteiger partial charge on any atom is 0.466 e. The van der Waals surface area contributed by atoms with Crippen LogP contribution in [0.3, 0.4) is 0 Å². The molecule has 0 spiro atoms. The first-order chi connectivity index (χ1) is 11.1. The quantitative estimate of drug-likeness (QED) is 0.159. The van der Waals surface area contributed by atoms with Crippen LogP contribution in [0.1, 0.15) is 26.7 Å². The maximum absolute atomic E-state index is 10.7. The molecule has 0 aromatic heterocycles. The first-order valence-electron chi connectivity index (χ1n) is 7.29. The Morgan fingerprint density at radius 3 is 2.42 bits per heavy atom. The van der Waals surface area contributed by atoms with Crippen LogP contribution in [-0.2, 0) is 19.4 Å². The van der Waals surface area contributed by atoms with Gasteiger partial charge in [0.05, 0.1) is 6.61 Å². The van der Waals surface area contributed by atoms with Gasteiger partial charge in [-0.1, -0.05) is 37.2 Å². The van der Waals surface area contributed by atoms with Gasteiger partial charge in [-0.3, -0.25) is 4.55 Å². The molecule has 0 aromatic rings. The molecule has 1 heterocycles. The monoisotopic (exact) mass is 389 g/mol. The number of thioether (sulfide) groups is 1. The normalized spacial score (nSPS) is 33.3. The summed E-state index contributed by atoms with van der Waals surface area (Å²) in [5, 5.41) is 42.1. The Bertz CT molecular complexity index is 525. The zero-order chi connectivity index (χ0) is 18.5. The second kappa shape index (κ2) is 9.29. The zero-order valence-corrected chi connectivity index (χ0v) is 14.9. The van der Waals surface area contributed by atoms with Crippen LogP contribution in [0.4, 0.5) is 0 Å². The third-order valence-corrected chi connectivity index (χ3v) is 4.95. The molecule has 1 saturated heterocycles. The molecule has 12 heteroatoms. The van der Waals surface area contributed by atoms with Crippen molar-refractivity contribution in [2.24, 2.45) is 11.1 Å². The van der Waals surface area contributed by atoms with Crippen LogP contribution in [-0.4, -0.2) is 74.9 Å². The van der Waals surface area contributed by atoms with Gasteiger partial charge in [-0.15, -0.1) is 0 Å². The number of rotatable bonds is 7. The van der Waals surface area contributed by atoms with Crippen LogP contribution >= 0.6 is 11.8 Å². The lowest BCUT2D eigenvalue weighted by Crippen LogP contribution is -2.57. The van der Waals surface area contributed by atoms with E-state index >= 15 is 0 Å². The van der Waals surface area contributed by atoms with E-state index in [0.717, 1.165) is 18.2 Å². The number of nitrogens with zero attached hydrogens (tertiary/aromatic N) is 1. The maximum atomic E-state index is 10.7. The summed E-state index contributed by atoms with van der Waals surface area (Å²) in [6.07, 6.45) is -4.62. The smallest absolute Gasteiger partial charge is 0.394 e. The van der Waals surface area contributed by atoms with Crippen molar-refractivity contribution in [3.05, 3.63) is 0 Å². The standard InChI is InChI=1S/C12H23NO9S2/c1-3-6(2)4-8(13-22-24(18,19)20)23-12-11(17)10(16)9(15)7(5-14)21-12/h6-7,9-12,14-17H,3-5H2,1-2H3,(H,18,19,20)/b13-8-/t6?,7-,9-,10+,11-,12+/m1/s1. The number of ether oxygens (including phenoxy) is 1. The van der Waals surface area contributed by atoms with Gasteiger partial charge in [-0.2, -0.15) is 8.42 Å². The largest absolute Gasteiger partial charge is 0.466 e. The molecule has 142 valence electrons. The molecule has 6 atom stereocenters. The minimum absolute atomic E-state index is 0.0890. The molecule has 0 amide bonds.